The molecule has 1 atom stereocenters. The van der Waals surface area contributed by atoms with Crippen LogP contribution in [0, 0.1) is 0 Å². The number of hydrogen-bond acceptors (Lipinski definition) is 4. The smallest absolute Gasteiger partial charge is 0.125 e. The fourth-order valence-corrected chi connectivity index (χ4v) is 2.24. The molecule has 2 heterocycles. The molecule has 0 saturated heterocycles. The molecule has 4 heteroatoms. The van der Waals surface area contributed by atoms with Crippen LogP contribution in [0.4, 0.5) is 0 Å². The molecule has 0 spiro atoms. The topological polar surface area (TPSA) is 28.0 Å². The minimum atomic E-state index is 0.472. The second kappa shape index (κ2) is 1.99. The molecular formula is C6H9N3S. The molecular weight excluding hydrogens is 146 g/mol. The van der Waals surface area contributed by atoms with Gasteiger partial charge < -0.3 is 0 Å². The van der Waals surface area contributed by atoms with Gasteiger partial charge in [0, 0.05) is 10.6 Å². The lowest BCUT2D eigenvalue weighted by Crippen LogP contribution is -2.18. The molecule has 1 unspecified atom stereocenters. The highest BCUT2D eigenvalue weighted by molar-refractivity contribution is 8.03. The minimum absolute atomic E-state index is 0.472. The summed E-state index contributed by atoms with van der Waals surface area (Å²) in [5.74, 6) is 0. The average molecular weight is 155 g/mol. The summed E-state index contributed by atoms with van der Waals surface area (Å²) in [5.41, 5.74) is 1.26. The summed E-state index contributed by atoms with van der Waals surface area (Å²) in [4.78, 5) is 1.38. The maximum Gasteiger partial charge on any atom is 0.125 e. The van der Waals surface area contributed by atoms with Crippen LogP contribution in [-0.4, -0.2) is 16.9 Å². The van der Waals surface area contributed by atoms with Crippen LogP contribution in [-0.2, 0) is 0 Å². The average Bonchev–Trinajstić information content (AvgIpc) is 2.41. The molecule has 2 rings (SSSR count). The summed E-state index contributed by atoms with van der Waals surface area (Å²) < 4.78 is 0. The zero-order chi connectivity index (χ0) is 7.14. The Morgan fingerprint density at radius 3 is 3.10 bits per heavy atom. The van der Waals surface area contributed by atoms with Crippen LogP contribution >= 0.6 is 11.8 Å². The molecule has 10 heavy (non-hydrogen) atoms. The number of thioether (sulfide) groups is 1. The highest BCUT2D eigenvalue weighted by atomic mass is 32.2. The highest BCUT2D eigenvalue weighted by Gasteiger charge is 2.31. The zero-order valence-electron chi connectivity index (χ0n) is 6.03. The summed E-state index contributed by atoms with van der Waals surface area (Å²) in [5, 5.41) is 10.4. The number of rotatable bonds is 0. The van der Waals surface area contributed by atoms with Crippen molar-refractivity contribution in [1.82, 2.24) is 5.01 Å². The van der Waals surface area contributed by atoms with Crippen molar-refractivity contribution < 1.29 is 0 Å². The number of nitrogens with zero attached hydrogens (tertiary/aromatic N) is 3. The number of allylic oxidation sites excluding steroid dienone is 2. The van der Waals surface area contributed by atoms with Crippen LogP contribution in [0.5, 0.6) is 0 Å². The molecule has 0 aliphatic carbocycles. The normalized spacial score (nSPS) is 30.2. The van der Waals surface area contributed by atoms with Crippen molar-refractivity contribution in [3.05, 3.63) is 10.6 Å². The van der Waals surface area contributed by atoms with Gasteiger partial charge in [-0.05, 0) is 13.8 Å². The van der Waals surface area contributed by atoms with Crippen molar-refractivity contribution in [3.63, 3.8) is 0 Å². The Morgan fingerprint density at radius 1 is 1.60 bits per heavy atom. The summed E-state index contributed by atoms with van der Waals surface area (Å²) >= 11 is 1.86. The maximum atomic E-state index is 4.01. The van der Waals surface area contributed by atoms with Crippen molar-refractivity contribution in [2.75, 3.05) is 6.54 Å². The van der Waals surface area contributed by atoms with E-state index in [1.807, 2.05) is 16.8 Å². The van der Waals surface area contributed by atoms with E-state index < -0.39 is 0 Å². The Morgan fingerprint density at radius 2 is 2.40 bits per heavy atom. The summed E-state index contributed by atoms with van der Waals surface area (Å²) in [6, 6.07) is 0. The van der Waals surface area contributed by atoms with Crippen molar-refractivity contribution >= 4 is 11.8 Å². The van der Waals surface area contributed by atoms with Gasteiger partial charge in [-0.1, -0.05) is 17.0 Å². The summed E-state index contributed by atoms with van der Waals surface area (Å²) in [6.07, 6.45) is 0. The van der Waals surface area contributed by atoms with E-state index >= 15 is 0 Å². The van der Waals surface area contributed by atoms with E-state index in [0.717, 1.165) is 6.54 Å². The van der Waals surface area contributed by atoms with Crippen LogP contribution in [0.25, 0.3) is 0 Å². The molecule has 2 aliphatic rings. The second-order valence-electron chi connectivity index (χ2n) is 2.47. The molecule has 0 amide bonds. The minimum Gasteiger partial charge on any atom is -0.236 e. The van der Waals surface area contributed by atoms with Gasteiger partial charge in [0.25, 0.3) is 0 Å². The first-order valence-electron chi connectivity index (χ1n) is 3.30. The van der Waals surface area contributed by atoms with Crippen LogP contribution in [0.2, 0.25) is 0 Å². The molecule has 0 saturated carbocycles. The predicted octanol–water partition coefficient (Wildman–Crippen LogP) is 1.99. The van der Waals surface area contributed by atoms with Gasteiger partial charge in [-0.15, -0.1) is 0 Å². The molecule has 0 fully saturated rings. The molecule has 0 aromatic heterocycles. The Hall–Kier alpha value is -0.510. The summed E-state index contributed by atoms with van der Waals surface area (Å²) in [7, 11) is 0. The molecule has 0 aromatic rings. The molecule has 0 aromatic carbocycles. The third-order valence-electron chi connectivity index (χ3n) is 1.84. The molecule has 0 N–H and O–H groups in total. The maximum absolute atomic E-state index is 4.01. The third-order valence-corrected chi connectivity index (χ3v) is 3.11. The van der Waals surface area contributed by atoms with E-state index in [1.54, 1.807) is 0 Å². The molecule has 2 aliphatic heterocycles. The Balaban J connectivity index is 2.30. The summed E-state index contributed by atoms with van der Waals surface area (Å²) in [6.45, 7) is 5.07. The Labute approximate surface area is 64.2 Å². The van der Waals surface area contributed by atoms with Crippen LogP contribution < -0.4 is 0 Å². The first kappa shape index (κ1) is 6.22. The van der Waals surface area contributed by atoms with Crippen molar-refractivity contribution in [2.24, 2.45) is 10.3 Å². The zero-order valence-corrected chi connectivity index (χ0v) is 6.85. The first-order valence-corrected chi connectivity index (χ1v) is 4.18. The van der Waals surface area contributed by atoms with Crippen LogP contribution in [0.15, 0.2) is 20.9 Å². The first-order chi connectivity index (χ1) is 4.79. The van der Waals surface area contributed by atoms with Gasteiger partial charge in [0.2, 0.25) is 0 Å². The van der Waals surface area contributed by atoms with Crippen molar-refractivity contribution in [1.29, 1.82) is 0 Å². The predicted molar refractivity (Wildman–Crippen MR) is 41.3 cm³/mol. The SMILES string of the molecule is CC1=C(C)N2N=NCC2S1. The molecule has 0 radical (unpaired) electrons. The Kier molecular flexibility index (Phi) is 1.23. The lowest BCUT2D eigenvalue weighted by molar-refractivity contribution is 0.387. The fourth-order valence-electron chi connectivity index (χ4n) is 1.13. The van der Waals surface area contributed by atoms with Crippen LogP contribution in [0.1, 0.15) is 13.8 Å². The number of hydrogen-bond donors (Lipinski definition) is 0. The van der Waals surface area contributed by atoms with Gasteiger partial charge in [0.05, 0.1) is 6.54 Å². The van der Waals surface area contributed by atoms with E-state index in [9.17, 15) is 0 Å². The quantitative estimate of drug-likeness (QED) is 0.535. The van der Waals surface area contributed by atoms with E-state index in [2.05, 4.69) is 24.2 Å². The molecule has 0 bridgehead atoms. The third kappa shape index (κ3) is 0.683. The van der Waals surface area contributed by atoms with Crippen molar-refractivity contribution in [3.8, 4) is 0 Å². The van der Waals surface area contributed by atoms with Gasteiger partial charge in [-0.25, -0.2) is 5.01 Å². The Bertz CT molecular complexity index is 221. The molecule has 3 nitrogen and oxygen atoms in total. The van der Waals surface area contributed by atoms with E-state index in [1.165, 1.54) is 10.6 Å². The van der Waals surface area contributed by atoms with Gasteiger partial charge in [0.15, 0.2) is 0 Å². The van der Waals surface area contributed by atoms with Crippen LogP contribution in [0.3, 0.4) is 0 Å². The monoisotopic (exact) mass is 155 g/mol. The standard InChI is InChI=1S/C6H9N3S/c1-4-5(2)10-6-3-7-8-9(4)6/h6H,3H2,1-2H3. The van der Waals surface area contributed by atoms with Gasteiger partial charge in [-0.2, -0.15) is 5.11 Å². The lowest BCUT2D eigenvalue weighted by atomic mass is 10.4. The van der Waals surface area contributed by atoms with Gasteiger partial charge in [0.1, 0.15) is 5.37 Å². The van der Waals surface area contributed by atoms with E-state index in [4.69, 9.17) is 0 Å². The highest BCUT2D eigenvalue weighted by Crippen LogP contribution is 2.40. The fraction of sp³-hybridized carbons (Fsp3) is 0.667. The van der Waals surface area contributed by atoms with Crippen molar-refractivity contribution in [2.45, 2.75) is 19.2 Å². The van der Waals surface area contributed by atoms with Gasteiger partial charge >= 0.3 is 0 Å². The lowest BCUT2D eigenvalue weighted by Gasteiger charge is -2.11. The molecule has 54 valence electrons. The number of fused-ring (bicyclic) bond motifs is 1. The van der Waals surface area contributed by atoms with E-state index in [-0.39, 0.29) is 0 Å². The second-order valence-corrected chi connectivity index (χ2v) is 3.86. The largest absolute Gasteiger partial charge is 0.236 e. The van der Waals surface area contributed by atoms with Gasteiger partial charge in [-0.3, -0.25) is 0 Å². The van der Waals surface area contributed by atoms with E-state index in [0.29, 0.717) is 5.37 Å².